The molecule has 1 heterocycles. The van der Waals surface area contributed by atoms with Crippen molar-refractivity contribution in [3.05, 3.63) is 30.2 Å². The zero-order valence-corrected chi connectivity index (χ0v) is 6.81. The van der Waals surface area contributed by atoms with Gasteiger partial charge in [-0.05, 0) is 24.3 Å². The molecule has 0 unspecified atom stereocenters. The van der Waals surface area contributed by atoms with Crippen LogP contribution in [-0.4, -0.2) is 11.9 Å². The van der Waals surface area contributed by atoms with Crippen LogP contribution in [0.1, 0.15) is 5.76 Å². The Morgan fingerprint density at radius 3 is 2.85 bits per heavy atom. The average molecular weight is 179 g/mol. The second-order valence-electron chi connectivity index (χ2n) is 2.22. The number of amidine groups is 1. The summed E-state index contributed by atoms with van der Waals surface area (Å²) < 4.78 is 4.98. The van der Waals surface area contributed by atoms with Gasteiger partial charge < -0.3 is 15.9 Å². The topological polar surface area (TPSA) is 94.6 Å². The maximum Gasteiger partial charge on any atom is 0.340 e. The van der Waals surface area contributed by atoms with Crippen LogP contribution in [0, 0.1) is 0 Å². The fourth-order valence-corrected chi connectivity index (χ4v) is 0.718. The van der Waals surface area contributed by atoms with Crippen molar-refractivity contribution in [3.63, 3.8) is 0 Å². The fourth-order valence-electron chi connectivity index (χ4n) is 0.718. The number of aliphatic imine (C=N–C) groups is 1. The Labute approximate surface area is 74.7 Å². The third-order valence-electron chi connectivity index (χ3n) is 1.20. The fraction of sp³-hybridized carbons (Fsp3) is 0. The first kappa shape index (κ1) is 9.05. The summed E-state index contributed by atoms with van der Waals surface area (Å²) in [5, 5.41) is 0. The van der Waals surface area contributed by atoms with Gasteiger partial charge in [-0.1, -0.05) is 0 Å². The van der Waals surface area contributed by atoms with Gasteiger partial charge in [0, 0.05) is 0 Å². The Morgan fingerprint density at radius 1 is 1.54 bits per heavy atom. The third kappa shape index (κ3) is 3.24. The number of carbonyl (C=O) groups excluding carboxylic acids is 1. The zero-order valence-electron chi connectivity index (χ0n) is 6.81. The smallest absolute Gasteiger partial charge is 0.340 e. The largest absolute Gasteiger partial charge is 0.465 e. The van der Waals surface area contributed by atoms with Crippen LogP contribution in [-0.2, 0) is 0 Å². The minimum Gasteiger partial charge on any atom is -0.465 e. The van der Waals surface area contributed by atoms with Crippen molar-refractivity contribution < 1.29 is 9.21 Å². The van der Waals surface area contributed by atoms with Gasteiger partial charge in [0.15, 0.2) is 0 Å². The number of amides is 2. The van der Waals surface area contributed by atoms with E-state index in [9.17, 15) is 4.79 Å². The molecule has 2 amide bonds. The van der Waals surface area contributed by atoms with E-state index < -0.39 is 6.03 Å². The van der Waals surface area contributed by atoms with Crippen molar-refractivity contribution in [3.8, 4) is 0 Å². The number of hydrogen-bond acceptors (Lipinski definition) is 2. The lowest BCUT2D eigenvalue weighted by Gasteiger charge is -1.87. The number of furan rings is 1. The summed E-state index contributed by atoms with van der Waals surface area (Å²) in [6, 6.07) is 2.66. The lowest BCUT2D eigenvalue weighted by Crippen LogP contribution is -2.14. The molecule has 0 aliphatic heterocycles. The lowest BCUT2D eigenvalue weighted by molar-refractivity contribution is 0.256. The molecule has 0 aliphatic rings. The molecule has 68 valence electrons. The monoisotopic (exact) mass is 179 g/mol. The Kier molecular flexibility index (Phi) is 2.86. The number of urea groups is 1. The van der Waals surface area contributed by atoms with Gasteiger partial charge in [-0.3, -0.25) is 0 Å². The molecular weight excluding hydrogens is 170 g/mol. The molecule has 0 fully saturated rings. The molecule has 0 aliphatic carbocycles. The quantitative estimate of drug-likeness (QED) is 0.517. The van der Waals surface area contributed by atoms with Gasteiger partial charge in [0.1, 0.15) is 11.6 Å². The molecule has 1 aromatic rings. The number of carbonyl (C=O) groups is 1. The van der Waals surface area contributed by atoms with Gasteiger partial charge in [0.25, 0.3) is 0 Å². The molecule has 0 bridgehead atoms. The van der Waals surface area contributed by atoms with E-state index in [0.717, 1.165) is 0 Å². The molecule has 0 aromatic carbocycles. The Morgan fingerprint density at radius 2 is 2.31 bits per heavy atom. The van der Waals surface area contributed by atoms with Crippen molar-refractivity contribution in [2.24, 2.45) is 16.5 Å². The van der Waals surface area contributed by atoms with Crippen LogP contribution < -0.4 is 11.5 Å². The van der Waals surface area contributed by atoms with Crippen molar-refractivity contribution in [1.82, 2.24) is 0 Å². The molecule has 0 saturated carbocycles. The summed E-state index contributed by atoms with van der Waals surface area (Å²) in [5.41, 5.74) is 10.1. The first-order chi connectivity index (χ1) is 6.18. The Bertz CT molecular complexity index is 338. The molecular formula is C8H9N3O2. The summed E-state index contributed by atoms with van der Waals surface area (Å²) in [5.74, 6) is 0.673. The summed E-state index contributed by atoms with van der Waals surface area (Å²) in [7, 11) is 0. The Hall–Kier alpha value is -2.04. The Balaban J connectivity index is 2.64. The van der Waals surface area contributed by atoms with Gasteiger partial charge in [0.05, 0.1) is 6.26 Å². The summed E-state index contributed by atoms with van der Waals surface area (Å²) >= 11 is 0. The molecule has 1 aromatic heterocycles. The van der Waals surface area contributed by atoms with E-state index in [-0.39, 0.29) is 5.84 Å². The highest BCUT2D eigenvalue weighted by atomic mass is 16.3. The van der Waals surface area contributed by atoms with Gasteiger partial charge in [-0.25, -0.2) is 4.79 Å². The average Bonchev–Trinajstić information content (AvgIpc) is 2.51. The normalized spacial score (nSPS) is 12.2. The van der Waals surface area contributed by atoms with Crippen LogP contribution in [0.2, 0.25) is 0 Å². The second-order valence-corrected chi connectivity index (χ2v) is 2.22. The maximum atomic E-state index is 10.3. The third-order valence-corrected chi connectivity index (χ3v) is 1.20. The van der Waals surface area contributed by atoms with Crippen molar-refractivity contribution >= 4 is 17.9 Å². The van der Waals surface area contributed by atoms with E-state index in [1.165, 1.54) is 12.3 Å². The minimum absolute atomic E-state index is 0.0453. The summed E-state index contributed by atoms with van der Waals surface area (Å²) in [4.78, 5) is 13.6. The van der Waals surface area contributed by atoms with Crippen LogP contribution in [0.3, 0.4) is 0 Å². The van der Waals surface area contributed by atoms with E-state index in [0.29, 0.717) is 5.76 Å². The first-order valence-corrected chi connectivity index (χ1v) is 3.53. The maximum absolute atomic E-state index is 10.3. The van der Waals surface area contributed by atoms with E-state index >= 15 is 0 Å². The van der Waals surface area contributed by atoms with E-state index in [1.807, 2.05) is 0 Å². The standard InChI is InChI=1S/C8H9N3O2/c9-7(11-8(10)12)4-3-6-2-1-5-13-6/h1-5H,(H4,9,10,11,12)/b4-3+. The SMILES string of the molecule is NC(=O)/N=C(N)/C=C/c1ccco1. The number of nitrogens with zero attached hydrogens (tertiary/aromatic N) is 1. The second kappa shape index (κ2) is 4.10. The van der Waals surface area contributed by atoms with Crippen LogP contribution in [0.25, 0.3) is 6.08 Å². The van der Waals surface area contributed by atoms with Gasteiger partial charge in [-0.2, -0.15) is 4.99 Å². The van der Waals surface area contributed by atoms with E-state index in [1.54, 1.807) is 18.2 Å². The highest BCUT2D eigenvalue weighted by molar-refractivity contribution is 6.01. The molecule has 0 saturated heterocycles. The predicted octanol–water partition coefficient (Wildman–Crippen LogP) is 0.729. The molecule has 5 nitrogen and oxygen atoms in total. The zero-order chi connectivity index (χ0) is 9.68. The van der Waals surface area contributed by atoms with Crippen LogP contribution in [0.15, 0.2) is 33.9 Å². The van der Waals surface area contributed by atoms with Crippen molar-refractivity contribution in [2.75, 3.05) is 0 Å². The van der Waals surface area contributed by atoms with E-state index in [2.05, 4.69) is 4.99 Å². The summed E-state index contributed by atoms with van der Waals surface area (Å²) in [6.07, 6.45) is 4.55. The lowest BCUT2D eigenvalue weighted by atomic mass is 10.4. The molecule has 0 radical (unpaired) electrons. The first-order valence-electron chi connectivity index (χ1n) is 3.53. The number of rotatable bonds is 2. The van der Waals surface area contributed by atoms with Crippen LogP contribution in [0.4, 0.5) is 4.79 Å². The highest BCUT2D eigenvalue weighted by Crippen LogP contribution is 2.01. The number of primary amides is 1. The number of hydrogen-bond donors (Lipinski definition) is 2. The molecule has 13 heavy (non-hydrogen) atoms. The van der Waals surface area contributed by atoms with Crippen molar-refractivity contribution in [1.29, 1.82) is 0 Å². The van der Waals surface area contributed by atoms with Gasteiger partial charge in [0.2, 0.25) is 0 Å². The molecule has 4 N–H and O–H groups in total. The number of nitrogens with two attached hydrogens (primary N) is 2. The van der Waals surface area contributed by atoms with E-state index in [4.69, 9.17) is 15.9 Å². The highest BCUT2D eigenvalue weighted by Gasteiger charge is 1.91. The predicted molar refractivity (Wildman–Crippen MR) is 48.9 cm³/mol. The van der Waals surface area contributed by atoms with Gasteiger partial charge >= 0.3 is 6.03 Å². The van der Waals surface area contributed by atoms with Crippen LogP contribution >= 0.6 is 0 Å². The molecule has 0 atom stereocenters. The van der Waals surface area contributed by atoms with Crippen molar-refractivity contribution in [2.45, 2.75) is 0 Å². The molecule has 0 spiro atoms. The summed E-state index contributed by atoms with van der Waals surface area (Å²) in [6.45, 7) is 0. The van der Waals surface area contributed by atoms with Crippen LogP contribution in [0.5, 0.6) is 0 Å². The van der Waals surface area contributed by atoms with Gasteiger partial charge in [-0.15, -0.1) is 0 Å². The molecule has 1 rings (SSSR count). The molecule has 5 heteroatoms. The minimum atomic E-state index is -0.818.